The Morgan fingerprint density at radius 1 is 0.696 bits per heavy atom. The summed E-state index contributed by atoms with van der Waals surface area (Å²) in [6.07, 6.45) is 21.3. The van der Waals surface area contributed by atoms with Gasteiger partial charge in [0.1, 0.15) is 6.10 Å². The molecule has 0 radical (unpaired) electrons. The van der Waals surface area contributed by atoms with E-state index in [0.29, 0.717) is 11.8 Å². The van der Waals surface area contributed by atoms with Crippen molar-refractivity contribution >= 4 is 5.97 Å². The molecule has 0 atom stereocenters. The number of rotatable bonds is 4. The lowest BCUT2D eigenvalue weighted by atomic mass is 9.80. The van der Waals surface area contributed by atoms with Crippen LogP contribution in [0.5, 0.6) is 0 Å². The number of ether oxygens (including phenoxy) is 1. The lowest BCUT2D eigenvalue weighted by Gasteiger charge is -2.28. The van der Waals surface area contributed by atoms with Gasteiger partial charge < -0.3 is 4.74 Å². The average molecular weight is 319 g/mol. The van der Waals surface area contributed by atoms with Crippen molar-refractivity contribution in [3.05, 3.63) is 11.6 Å². The first-order valence-corrected chi connectivity index (χ1v) is 10.3. The highest BCUT2D eigenvalue weighted by Crippen LogP contribution is 2.34. The Balaban J connectivity index is 1.67. The molecule has 0 aromatic rings. The van der Waals surface area contributed by atoms with E-state index in [2.05, 4.69) is 6.08 Å². The summed E-state index contributed by atoms with van der Waals surface area (Å²) in [7, 11) is 0. The molecule has 3 rings (SSSR count). The maximum atomic E-state index is 12.9. The van der Waals surface area contributed by atoms with Crippen molar-refractivity contribution in [3.63, 3.8) is 0 Å². The van der Waals surface area contributed by atoms with Gasteiger partial charge in [-0.05, 0) is 63.2 Å². The zero-order valence-electron chi connectivity index (χ0n) is 14.7. The molecule has 0 saturated heterocycles. The molecule has 23 heavy (non-hydrogen) atoms. The topological polar surface area (TPSA) is 26.3 Å². The lowest BCUT2D eigenvalue weighted by Crippen LogP contribution is -2.26. The molecule has 0 aromatic heterocycles. The molecule has 2 heteroatoms. The number of hydrogen-bond donors (Lipinski definition) is 0. The normalized spacial score (nSPS) is 26.2. The second-order valence-electron chi connectivity index (χ2n) is 8.02. The molecule has 3 aliphatic rings. The Bertz CT molecular complexity index is 394. The van der Waals surface area contributed by atoms with Crippen molar-refractivity contribution in [2.24, 2.45) is 11.8 Å². The summed E-state index contributed by atoms with van der Waals surface area (Å²) in [4.78, 5) is 12.9. The molecular formula is C21H34O2. The molecule has 0 aliphatic heterocycles. The second-order valence-corrected chi connectivity index (χ2v) is 8.02. The van der Waals surface area contributed by atoms with Gasteiger partial charge in [0.2, 0.25) is 0 Å². The van der Waals surface area contributed by atoms with Gasteiger partial charge in [0.05, 0.1) is 0 Å². The van der Waals surface area contributed by atoms with Crippen LogP contribution in [0, 0.1) is 11.8 Å². The van der Waals surface area contributed by atoms with E-state index in [4.69, 9.17) is 4.74 Å². The largest absolute Gasteiger partial charge is 0.459 e. The van der Waals surface area contributed by atoms with Gasteiger partial charge in [-0.3, -0.25) is 0 Å². The van der Waals surface area contributed by atoms with Gasteiger partial charge in [0.25, 0.3) is 0 Å². The minimum Gasteiger partial charge on any atom is -0.459 e. The standard InChI is InChI=1S/C21H34O2/c22-21(23-19-14-8-3-9-15-19)20(18-12-6-2-7-13-18)16-17-10-4-1-5-11-17/h16-19H,1-15H2. The predicted molar refractivity (Wildman–Crippen MR) is 94.2 cm³/mol. The fourth-order valence-electron chi connectivity index (χ4n) is 4.74. The van der Waals surface area contributed by atoms with Gasteiger partial charge in [0, 0.05) is 5.57 Å². The SMILES string of the molecule is O=C(OC1CCCCC1)C(=CC1CCCCC1)C1CCCCC1. The summed E-state index contributed by atoms with van der Waals surface area (Å²) in [5, 5.41) is 0. The van der Waals surface area contributed by atoms with Crippen LogP contribution in [0.2, 0.25) is 0 Å². The van der Waals surface area contributed by atoms with Crippen LogP contribution in [0.15, 0.2) is 11.6 Å². The highest BCUT2D eigenvalue weighted by Gasteiger charge is 2.28. The van der Waals surface area contributed by atoms with Gasteiger partial charge in [-0.25, -0.2) is 4.79 Å². The molecule has 0 heterocycles. The predicted octanol–water partition coefficient (Wildman–Crippen LogP) is 5.95. The number of esters is 1. The highest BCUT2D eigenvalue weighted by molar-refractivity contribution is 5.89. The van der Waals surface area contributed by atoms with Crippen molar-refractivity contribution in [2.45, 2.75) is 102 Å². The van der Waals surface area contributed by atoms with Gasteiger partial charge in [0.15, 0.2) is 0 Å². The molecular weight excluding hydrogens is 284 g/mol. The van der Waals surface area contributed by atoms with Crippen molar-refractivity contribution in [1.82, 2.24) is 0 Å². The molecule has 3 aliphatic carbocycles. The van der Waals surface area contributed by atoms with E-state index in [0.717, 1.165) is 18.4 Å². The summed E-state index contributed by atoms with van der Waals surface area (Å²) in [5.74, 6) is 1.13. The Labute approximate surface area is 142 Å². The molecule has 3 saturated carbocycles. The smallest absolute Gasteiger partial charge is 0.334 e. The summed E-state index contributed by atoms with van der Waals surface area (Å²) in [6.45, 7) is 0. The summed E-state index contributed by atoms with van der Waals surface area (Å²) in [5.41, 5.74) is 1.06. The van der Waals surface area contributed by atoms with Gasteiger partial charge in [-0.2, -0.15) is 0 Å². The maximum absolute atomic E-state index is 12.9. The molecule has 0 unspecified atom stereocenters. The molecule has 0 aromatic carbocycles. The minimum atomic E-state index is 0.0365. The van der Waals surface area contributed by atoms with Gasteiger partial charge >= 0.3 is 5.97 Å². The van der Waals surface area contributed by atoms with Crippen LogP contribution >= 0.6 is 0 Å². The average Bonchev–Trinajstić information content (AvgIpc) is 2.62. The van der Waals surface area contributed by atoms with Crippen molar-refractivity contribution in [3.8, 4) is 0 Å². The fraction of sp³-hybridized carbons (Fsp3) is 0.857. The van der Waals surface area contributed by atoms with Crippen LogP contribution in [-0.2, 0) is 9.53 Å². The summed E-state index contributed by atoms with van der Waals surface area (Å²) < 4.78 is 5.94. The third-order valence-electron chi connectivity index (χ3n) is 6.17. The number of hydrogen-bond acceptors (Lipinski definition) is 2. The van der Waals surface area contributed by atoms with Crippen LogP contribution in [0.3, 0.4) is 0 Å². The third kappa shape index (κ3) is 5.09. The van der Waals surface area contributed by atoms with Crippen LogP contribution in [-0.4, -0.2) is 12.1 Å². The van der Waals surface area contributed by atoms with Crippen LogP contribution in [0.4, 0.5) is 0 Å². The van der Waals surface area contributed by atoms with E-state index < -0.39 is 0 Å². The molecule has 130 valence electrons. The zero-order valence-corrected chi connectivity index (χ0v) is 14.7. The van der Waals surface area contributed by atoms with E-state index in [-0.39, 0.29) is 12.1 Å². The van der Waals surface area contributed by atoms with Crippen molar-refractivity contribution in [1.29, 1.82) is 0 Å². The molecule has 0 N–H and O–H groups in total. The molecule has 0 spiro atoms. The van der Waals surface area contributed by atoms with Crippen LogP contribution in [0.25, 0.3) is 0 Å². The fourth-order valence-corrected chi connectivity index (χ4v) is 4.74. The Morgan fingerprint density at radius 2 is 1.22 bits per heavy atom. The molecule has 0 amide bonds. The van der Waals surface area contributed by atoms with Crippen LogP contribution in [0.1, 0.15) is 96.3 Å². The van der Waals surface area contributed by atoms with E-state index in [1.807, 2.05) is 0 Å². The molecule has 0 bridgehead atoms. The lowest BCUT2D eigenvalue weighted by molar-refractivity contribution is -0.146. The minimum absolute atomic E-state index is 0.0365. The Morgan fingerprint density at radius 3 is 1.83 bits per heavy atom. The summed E-state index contributed by atoms with van der Waals surface area (Å²) in [6, 6.07) is 0. The van der Waals surface area contributed by atoms with E-state index in [1.54, 1.807) is 0 Å². The molecule has 3 fully saturated rings. The zero-order chi connectivity index (χ0) is 15.9. The second kappa shape index (κ2) is 8.89. The number of carbonyl (C=O) groups is 1. The van der Waals surface area contributed by atoms with Gasteiger partial charge in [-0.15, -0.1) is 0 Å². The quantitative estimate of drug-likeness (QED) is 0.473. The first-order chi connectivity index (χ1) is 11.3. The van der Waals surface area contributed by atoms with E-state index in [9.17, 15) is 4.79 Å². The molecule has 2 nitrogen and oxygen atoms in total. The first-order valence-electron chi connectivity index (χ1n) is 10.3. The monoisotopic (exact) mass is 318 g/mol. The number of carbonyl (C=O) groups excluding carboxylic acids is 1. The Kier molecular flexibility index (Phi) is 6.59. The third-order valence-corrected chi connectivity index (χ3v) is 6.17. The number of allylic oxidation sites excluding steroid dienone is 1. The van der Waals surface area contributed by atoms with E-state index >= 15 is 0 Å². The Hall–Kier alpha value is -0.790. The first kappa shape index (κ1) is 17.0. The highest BCUT2D eigenvalue weighted by atomic mass is 16.5. The maximum Gasteiger partial charge on any atom is 0.334 e. The van der Waals surface area contributed by atoms with Gasteiger partial charge in [-0.1, -0.05) is 51.0 Å². The van der Waals surface area contributed by atoms with Crippen LogP contribution < -0.4 is 0 Å². The van der Waals surface area contributed by atoms with Crippen molar-refractivity contribution < 1.29 is 9.53 Å². The van der Waals surface area contributed by atoms with Crippen molar-refractivity contribution in [2.75, 3.05) is 0 Å². The summed E-state index contributed by atoms with van der Waals surface area (Å²) >= 11 is 0. The van der Waals surface area contributed by atoms with E-state index in [1.165, 1.54) is 83.5 Å².